The molecule has 120 valence electrons. The van der Waals surface area contributed by atoms with Gasteiger partial charge in [0.1, 0.15) is 5.76 Å². The molecule has 1 aromatic heterocycles. The molecule has 3 rings (SSSR count). The molecule has 2 amide bonds. The molecule has 1 heterocycles. The number of rotatable bonds is 5. The number of nitrogens with one attached hydrogen (secondary N) is 2. The maximum absolute atomic E-state index is 12.1. The van der Waals surface area contributed by atoms with E-state index in [1.165, 1.54) is 0 Å². The highest BCUT2D eigenvalue weighted by Gasteiger charge is 2.48. The van der Waals surface area contributed by atoms with Crippen molar-refractivity contribution in [1.82, 2.24) is 10.5 Å². The predicted octanol–water partition coefficient (Wildman–Crippen LogP) is 2.53. The summed E-state index contributed by atoms with van der Waals surface area (Å²) < 4.78 is 4.88. The first-order chi connectivity index (χ1) is 11.0. The zero-order valence-electron chi connectivity index (χ0n) is 12.5. The van der Waals surface area contributed by atoms with Gasteiger partial charge in [-0.25, -0.2) is 0 Å². The highest BCUT2D eigenvalue weighted by Crippen LogP contribution is 2.39. The SMILES string of the molecule is Cc1cc(NC(=O)C2CC2C(=O)NCc2ccccc2Cl)no1. The number of aromatic nitrogens is 1. The van der Waals surface area contributed by atoms with E-state index >= 15 is 0 Å². The van der Waals surface area contributed by atoms with E-state index in [0.29, 0.717) is 29.6 Å². The Morgan fingerprint density at radius 1 is 1.30 bits per heavy atom. The lowest BCUT2D eigenvalue weighted by Crippen LogP contribution is -2.27. The Bertz CT molecular complexity index is 744. The van der Waals surface area contributed by atoms with Crippen molar-refractivity contribution in [3.63, 3.8) is 0 Å². The topological polar surface area (TPSA) is 84.2 Å². The van der Waals surface area contributed by atoms with Crippen LogP contribution in [-0.4, -0.2) is 17.0 Å². The van der Waals surface area contributed by atoms with Crippen LogP contribution < -0.4 is 10.6 Å². The highest BCUT2D eigenvalue weighted by molar-refractivity contribution is 6.31. The third-order valence-electron chi connectivity index (χ3n) is 3.75. The van der Waals surface area contributed by atoms with Crippen LogP contribution >= 0.6 is 11.6 Å². The molecule has 1 aliphatic rings. The Morgan fingerprint density at radius 3 is 2.74 bits per heavy atom. The predicted molar refractivity (Wildman–Crippen MR) is 84.8 cm³/mol. The molecular weight excluding hydrogens is 318 g/mol. The molecule has 6 nitrogen and oxygen atoms in total. The van der Waals surface area contributed by atoms with Crippen molar-refractivity contribution in [1.29, 1.82) is 0 Å². The van der Waals surface area contributed by atoms with Crippen LogP contribution in [0.3, 0.4) is 0 Å². The fraction of sp³-hybridized carbons (Fsp3) is 0.312. The number of halogens is 1. The van der Waals surface area contributed by atoms with Gasteiger partial charge in [-0.2, -0.15) is 0 Å². The minimum Gasteiger partial charge on any atom is -0.360 e. The number of aryl methyl sites for hydroxylation is 1. The minimum atomic E-state index is -0.321. The largest absolute Gasteiger partial charge is 0.360 e. The average Bonchev–Trinajstić information content (AvgIpc) is 3.23. The van der Waals surface area contributed by atoms with Crippen molar-refractivity contribution < 1.29 is 14.1 Å². The number of carbonyl (C=O) groups is 2. The Morgan fingerprint density at radius 2 is 2.04 bits per heavy atom. The molecule has 0 aliphatic heterocycles. The van der Waals surface area contributed by atoms with Gasteiger partial charge in [0, 0.05) is 17.6 Å². The third kappa shape index (κ3) is 3.71. The van der Waals surface area contributed by atoms with E-state index < -0.39 is 0 Å². The second kappa shape index (κ2) is 6.42. The molecule has 1 aromatic carbocycles. The number of hydrogen-bond donors (Lipinski definition) is 2. The van der Waals surface area contributed by atoms with Gasteiger partial charge in [0.2, 0.25) is 11.8 Å². The van der Waals surface area contributed by atoms with Crippen molar-refractivity contribution in [2.75, 3.05) is 5.32 Å². The van der Waals surface area contributed by atoms with Crippen LogP contribution in [0.4, 0.5) is 5.82 Å². The van der Waals surface area contributed by atoms with Crippen molar-refractivity contribution in [2.45, 2.75) is 19.9 Å². The maximum Gasteiger partial charge on any atom is 0.229 e. The van der Waals surface area contributed by atoms with Crippen LogP contribution in [-0.2, 0) is 16.1 Å². The lowest BCUT2D eigenvalue weighted by atomic mass is 10.2. The molecule has 0 spiro atoms. The van der Waals surface area contributed by atoms with Crippen molar-refractivity contribution in [3.05, 3.63) is 46.7 Å². The van der Waals surface area contributed by atoms with Gasteiger partial charge in [-0.05, 0) is 25.0 Å². The molecule has 7 heteroatoms. The molecule has 2 N–H and O–H groups in total. The summed E-state index contributed by atoms with van der Waals surface area (Å²) in [5, 5.41) is 9.77. The summed E-state index contributed by atoms with van der Waals surface area (Å²) in [6.45, 7) is 2.09. The monoisotopic (exact) mass is 333 g/mol. The number of hydrogen-bond acceptors (Lipinski definition) is 4. The van der Waals surface area contributed by atoms with Gasteiger partial charge >= 0.3 is 0 Å². The van der Waals surface area contributed by atoms with Gasteiger partial charge in [0.05, 0.1) is 11.8 Å². The Labute approximate surface area is 138 Å². The molecule has 0 bridgehead atoms. The van der Waals surface area contributed by atoms with Gasteiger partial charge in [-0.1, -0.05) is 35.0 Å². The van der Waals surface area contributed by atoms with E-state index in [0.717, 1.165) is 5.56 Å². The number of amides is 2. The van der Waals surface area contributed by atoms with Crippen LogP contribution in [0, 0.1) is 18.8 Å². The average molecular weight is 334 g/mol. The summed E-state index contributed by atoms with van der Waals surface area (Å²) in [5.41, 5.74) is 0.849. The summed E-state index contributed by atoms with van der Waals surface area (Å²) >= 11 is 6.04. The summed E-state index contributed by atoms with van der Waals surface area (Å²) in [7, 11) is 0. The lowest BCUT2D eigenvalue weighted by Gasteiger charge is -2.06. The van der Waals surface area contributed by atoms with E-state index in [1.807, 2.05) is 18.2 Å². The highest BCUT2D eigenvalue weighted by atomic mass is 35.5. The molecule has 0 radical (unpaired) electrons. The summed E-state index contributed by atoms with van der Waals surface area (Å²) in [5.74, 6) is 0.0149. The van der Waals surface area contributed by atoms with Gasteiger partial charge in [-0.3, -0.25) is 9.59 Å². The van der Waals surface area contributed by atoms with Gasteiger partial charge < -0.3 is 15.2 Å². The summed E-state index contributed by atoms with van der Waals surface area (Å²) in [4.78, 5) is 24.1. The van der Waals surface area contributed by atoms with Crippen LogP contribution in [0.1, 0.15) is 17.7 Å². The number of nitrogens with zero attached hydrogens (tertiary/aromatic N) is 1. The van der Waals surface area contributed by atoms with Crippen LogP contribution in [0.5, 0.6) is 0 Å². The quantitative estimate of drug-likeness (QED) is 0.880. The zero-order chi connectivity index (χ0) is 16.4. The van der Waals surface area contributed by atoms with Crippen molar-refractivity contribution in [2.24, 2.45) is 11.8 Å². The third-order valence-corrected chi connectivity index (χ3v) is 4.12. The normalized spacial score (nSPS) is 19.2. The molecule has 0 saturated heterocycles. The zero-order valence-corrected chi connectivity index (χ0v) is 13.3. The molecule has 2 atom stereocenters. The van der Waals surface area contributed by atoms with Crippen LogP contribution in [0.2, 0.25) is 5.02 Å². The van der Waals surface area contributed by atoms with Gasteiger partial charge in [0.15, 0.2) is 5.82 Å². The summed E-state index contributed by atoms with van der Waals surface area (Å²) in [6.07, 6.45) is 0.539. The number of anilines is 1. The second-order valence-electron chi connectivity index (χ2n) is 5.57. The lowest BCUT2D eigenvalue weighted by molar-refractivity contribution is -0.125. The second-order valence-corrected chi connectivity index (χ2v) is 5.98. The van der Waals surface area contributed by atoms with Crippen LogP contribution in [0.25, 0.3) is 0 Å². The van der Waals surface area contributed by atoms with Crippen molar-refractivity contribution in [3.8, 4) is 0 Å². The smallest absolute Gasteiger partial charge is 0.229 e. The fourth-order valence-corrected chi connectivity index (χ4v) is 2.58. The van der Waals surface area contributed by atoms with Crippen molar-refractivity contribution >= 4 is 29.2 Å². The Kier molecular flexibility index (Phi) is 4.34. The van der Waals surface area contributed by atoms with E-state index in [-0.39, 0.29) is 23.7 Å². The Balaban J connectivity index is 1.49. The first kappa shape index (κ1) is 15.6. The van der Waals surface area contributed by atoms with E-state index in [1.54, 1.807) is 19.1 Å². The van der Waals surface area contributed by atoms with E-state index in [4.69, 9.17) is 16.1 Å². The van der Waals surface area contributed by atoms with Gasteiger partial charge in [0.25, 0.3) is 0 Å². The first-order valence-electron chi connectivity index (χ1n) is 7.30. The molecule has 1 aliphatic carbocycles. The molecular formula is C16H16ClN3O3. The number of benzene rings is 1. The Hall–Kier alpha value is -2.34. The van der Waals surface area contributed by atoms with Crippen LogP contribution in [0.15, 0.2) is 34.9 Å². The molecule has 2 aromatic rings. The number of carbonyl (C=O) groups excluding carboxylic acids is 2. The molecule has 2 unspecified atom stereocenters. The van der Waals surface area contributed by atoms with Gasteiger partial charge in [-0.15, -0.1) is 0 Å². The maximum atomic E-state index is 12.1. The van der Waals surface area contributed by atoms with E-state index in [2.05, 4.69) is 15.8 Å². The summed E-state index contributed by atoms with van der Waals surface area (Å²) in [6, 6.07) is 8.96. The first-order valence-corrected chi connectivity index (χ1v) is 7.67. The standard InChI is InChI=1S/C16H16ClN3O3/c1-9-6-14(20-23-9)19-16(22)12-7-11(12)15(21)18-8-10-4-2-3-5-13(10)17/h2-6,11-12H,7-8H2,1H3,(H,18,21)(H,19,20,22). The minimum absolute atomic E-state index is 0.138. The molecule has 1 saturated carbocycles. The molecule has 1 fully saturated rings. The van der Waals surface area contributed by atoms with E-state index in [9.17, 15) is 9.59 Å². The fourth-order valence-electron chi connectivity index (χ4n) is 2.37. The molecule has 23 heavy (non-hydrogen) atoms.